The molecule has 2 heterocycles. The molecule has 3 rings (SSSR count). The summed E-state index contributed by atoms with van der Waals surface area (Å²) < 4.78 is 18.0. The van der Waals surface area contributed by atoms with Crippen molar-refractivity contribution in [2.45, 2.75) is 65.0 Å². The van der Waals surface area contributed by atoms with E-state index in [0.717, 1.165) is 32.4 Å². The number of aryl methyl sites for hydroxylation is 2. The molecular weight excluding hydrogens is 384 g/mol. The summed E-state index contributed by atoms with van der Waals surface area (Å²) in [6.07, 6.45) is 3.58. The first-order chi connectivity index (χ1) is 13.8. The largest absolute Gasteiger partial charge is 0.389 e. The molecule has 0 amide bonds. The number of halogens is 1. The lowest BCUT2D eigenvalue weighted by Crippen LogP contribution is -2.55. The Balaban J connectivity index is 1.75. The monoisotopic (exact) mass is 422 g/mol. The van der Waals surface area contributed by atoms with Crippen molar-refractivity contribution in [1.82, 2.24) is 4.90 Å². The summed E-state index contributed by atoms with van der Waals surface area (Å²) >= 11 is 1.47. The normalized spacial score (nSPS) is 27.1. The van der Waals surface area contributed by atoms with Crippen molar-refractivity contribution in [2.75, 3.05) is 38.1 Å². The first-order valence-electron chi connectivity index (χ1n) is 11.1. The third-order valence-corrected chi connectivity index (χ3v) is 7.59. The topological polar surface area (TPSA) is 32.7 Å². The molecule has 0 aliphatic carbocycles. The number of ether oxygens (including phenoxy) is 1. The lowest BCUT2D eigenvalue weighted by molar-refractivity contribution is -0.116. The molecule has 2 aliphatic rings. The number of fused-ring (bicyclic) bond motifs is 3. The van der Waals surface area contributed by atoms with Gasteiger partial charge in [-0.3, -0.25) is 9.29 Å². The van der Waals surface area contributed by atoms with Gasteiger partial charge in [-0.05, 0) is 67.7 Å². The van der Waals surface area contributed by atoms with Crippen LogP contribution in [0.25, 0.3) is 0 Å². The lowest BCUT2D eigenvalue weighted by atomic mass is 9.69. The summed E-state index contributed by atoms with van der Waals surface area (Å²) in [6.45, 7) is 11.1. The fraction of sp³-hybridized carbons (Fsp3) is 0.750. The minimum atomic E-state index is -0.705. The lowest BCUT2D eigenvalue weighted by Gasteiger charge is -2.52. The van der Waals surface area contributed by atoms with Crippen molar-refractivity contribution in [1.29, 1.82) is 0 Å². The van der Waals surface area contributed by atoms with Crippen molar-refractivity contribution in [2.24, 2.45) is 11.8 Å². The molecule has 1 aromatic carbocycles. The Kier molecular flexibility index (Phi) is 8.05. The molecule has 1 saturated heterocycles. The van der Waals surface area contributed by atoms with E-state index in [2.05, 4.69) is 44.7 Å². The zero-order valence-corrected chi connectivity index (χ0v) is 19.4. The van der Waals surface area contributed by atoms with Crippen molar-refractivity contribution in [3.8, 4) is 0 Å². The second-order valence-corrected chi connectivity index (χ2v) is 10.5. The summed E-state index contributed by atoms with van der Waals surface area (Å²) in [4.78, 5) is 2.61. The maximum Gasteiger partial charge on any atom is 0.0985 e. The molecule has 0 spiro atoms. The second kappa shape index (κ2) is 10.1. The van der Waals surface area contributed by atoms with Gasteiger partial charge in [0, 0.05) is 30.8 Å². The Morgan fingerprint density at radius 3 is 2.79 bits per heavy atom. The maximum absolute atomic E-state index is 12.2. The highest BCUT2D eigenvalue weighted by Crippen LogP contribution is 2.46. The van der Waals surface area contributed by atoms with Gasteiger partial charge < -0.3 is 9.84 Å². The third-order valence-electron chi connectivity index (χ3n) is 6.81. The Morgan fingerprint density at radius 2 is 2.07 bits per heavy atom. The Bertz CT molecular complexity index is 683. The molecule has 5 heteroatoms. The van der Waals surface area contributed by atoms with Crippen LogP contribution >= 0.6 is 11.8 Å². The van der Waals surface area contributed by atoms with Crippen LogP contribution in [0.15, 0.2) is 12.1 Å². The predicted octanol–water partition coefficient (Wildman–Crippen LogP) is 5.07. The van der Waals surface area contributed by atoms with E-state index in [0.29, 0.717) is 36.7 Å². The molecule has 1 aromatic rings. The molecule has 29 heavy (non-hydrogen) atoms. The molecule has 164 valence electrons. The number of thioether (sulfide) groups is 1. The number of piperidine rings is 1. The van der Waals surface area contributed by atoms with Gasteiger partial charge >= 0.3 is 0 Å². The molecule has 3 nitrogen and oxygen atoms in total. The highest BCUT2D eigenvalue weighted by molar-refractivity contribution is 7.99. The summed E-state index contributed by atoms with van der Waals surface area (Å²) in [5.74, 6) is 1.82. The van der Waals surface area contributed by atoms with Crippen molar-refractivity contribution >= 4 is 11.8 Å². The maximum atomic E-state index is 12.2. The number of hydrogen-bond acceptors (Lipinski definition) is 4. The number of nitrogens with zero attached hydrogens (tertiary/aromatic N) is 1. The van der Waals surface area contributed by atoms with Gasteiger partial charge in [0.25, 0.3) is 0 Å². The summed E-state index contributed by atoms with van der Waals surface area (Å²) in [7, 11) is 0. The smallest absolute Gasteiger partial charge is 0.0985 e. The van der Waals surface area contributed by atoms with Gasteiger partial charge in [0.05, 0.1) is 24.8 Å². The van der Waals surface area contributed by atoms with Gasteiger partial charge in [0.2, 0.25) is 0 Å². The minimum absolute atomic E-state index is 0.272. The molecule has 0 aromatic heterocycles. The highest BCUT2D eigenvalue weighted by Gasteiger charge is 2.47. The van der Waals surface area contributed by atoms with Crippen LogP contribution in [0, 0.1) is 25.7 Å². The van der Waals surface area contributed by atoms with Crippen LogP contribution in [-0.4, -0.2) is 53.7 Å². The van der Waals surface area contributed by atoms with Gasteiger partial charge in [0.15, 0.2) is 0 Å². The van der Waals surface area contributed by atoms with Crippen LogP contribution in [0.3, 0.4) is 0 Å². The van der Waals surface area contributed by atoms with Gasteiger partial charge in [-0.1, -0.05) is 26.0 Å². The SMILES string of the molecule is Cc1cc2c(cc1C)[C@@H]1C[C@@](O)(CCOCSCC[18F])[C@@H](CC(C)C)CN1CC2. The first-order valence-corrected chi connectivity index (χ1v) is 12.3. The zero-order valence-electron chi connectivity index (χ0n) is 18.5. The van der Waals surface area contributed by atoms with Gasteiger partial charge in [-0.15, -0.1) is 11.8 Å². The molecule has 1 N–H and O–H groups in total. The summed E-state index contributed by atoms with van der Waals surface area (Å²) in [5, 5.41) is 11.8. The van der Waals surface area contributed by atoms with Crippen molar-refractivity contribution in [3.63, 3.8) is 0 Å². The van der Waals surface area contributed by atoms with E-state index in [-0.39, 0.29) is 12.6 Å². The average Bonchev–Trinajstić information content (AvgIpc) is 2.66. The molecule has 0 unspecified atom stereocenters. The highest BCUT2D eigenvalue weighted by atomic mass is 32.2. The van der Waals surface area contributed by atoms with Crippen molar-refractivity contribution < 1.29 is 14.2 Å². The predicted molar refractivity (Wildman–Crippen MR) is 120 cm³/mol. The Hall–Kier alpha value is -0.620. The quantitative estimate of drug-likeness (QED) is 0.445. The molecule has 3 atom stereocenters. The molecule has 2 aliphatic heterocycles. The zero-order chi connectivity index (χ0) is 21.0. The van der Waals surface area contributed by atoms with Crippen LogP contribution in [-0.2, 0) is 11.2 Å². The van der Waals surface area contributed by atoms with Gasteiger partial charge in [0.1, 0.15) is 0 Å². The number of hydrogen-bond donors (Lipinski definition) is 1. The van der Waals surface area contributed by atoms with E-state index in [1.54, 1.807) is 0 Å². The summed E-state index contributed by atoms with van der Waals surface area (Å²) in [5.41, 5.74) is 4.87. The van der Waals surface area contributed by atoms with E-state index in [1.807, 2.05) is 0 Å². The number of rotatable bonds is 9. The molecule has 1 fully saturated rings. The molecular formula is C24H38FNO2S. The second-order valence-electron chi connectivity index (χ2n) is 9.40. The standard InChI is InChI=1S/C24H38FNO2S/c1-17(2)11-21-15-26-8-5-20-12-18(3)19(4)13-22(20)23(26)14-24(21,27)6-9-28-16-29-10-7-25/h12-13,17,21,23,27H,5-11,14-16H2,1-4H3/t21-,23-,24-/m0/s1/i25-1. The molecule has 0 bridgehead atoms. The van der Waals surface area contributed by atoms with E-state index in [9.17, 15) is 9.50 Å². The fourth-order valence-electron chi connectivity index (χ4n) is 5.10. The Morgan fingerprint density at radius 1 is 1.31 bits per heavy atom. The number of benzene rings is 1. The van der Waals surface area contributed by atoms with E-state index < -0.39 is 5.60 Å². The van der Waals surface area contributed by atoms with Crippen LogP contribution in [0.4, 0.5) is 4.39 Å². The van der Waals surface area contributed by atoms with E-state index >= 15 is 0 Å². The first kappa shape index (κ1) is 23.1. The Labute approximate surface area is 180 Å². The van der Waals surface area contributed by atoms with Crippen LogP contribution in [0.2, 0.25) is 0 Å². The van der Waals surface area contributed by atoms with Gasteiger partial charge in [-0.25, -0.2) is 0 Å². The minimum Gasteiger partial charge on any atom is -0.389 e. The van der Waals surface area contributed by atoms with Gasteiger partial charge in [-0.2, -0.15) is 0 Å². The molecule has 0 saturated carbocycles. The van der Waals surface area contributed by atoms with E-state index in [4.69, 9.17) is 4.74 Å². The van der Waals surface area contributed by atoms with Crippen LogP contribution in [0.1, 0.15) is 61.4 Å². The third kappa shape index (κ3) is 5.55. The van der Waals surface area contributed by atoms with Crippen molar-refractivity contribution in [3.05, 3.63) is 34.4 Å². The average molecular weight is 423 g/mol. The molecule has 0 radical (unpaired) electrons. The van der Waals surface area contributed by atoms with Crippen LogP contribution in [0.5, 0.6) is 0 Å². The van der Waals surface area contributed by atoms with Crippen LogP contribution < -0.4 is 0 Å². The number of alkyl halides is 1. The number of aliphatic hydroxyl groups is 1. The summed E-state index contributed by atoms with van der Waals surface area (Å²) in [6, 6.07) is 5.01. The fourth-order valence-corrected chi connectivity index (χ4v) is 5.57. The van der Waals surface area contributed by atoms with E-state index in [1.165, 1.54) is 34.0 Å².